The van der Waals surface area contributed by atoms with Gasteiger partial charge in [0.1, 0.15) is 0 Å². The first-order chi connectivity index (χ1) is 9.88. The first kappa shape index (κ1) is 12.6. The predicted molar refractivity (Wildman–Crippen MR) is 79.1 cm³/mol. The quantitative estimate of drug-likeness (QED) is 0.568. The summed E-state index contributed by atoms with van der Waals surface area (Å²) in [5.41, 5.74) is 0.988. The van der Waals surface area contributed by atoms with Gasteiger partial charge in [0.15, 0.2) is 0 Å². The SMILES string of the molecule is C=CCNCc1nc(-c2cccc3ccccc23)no1. The van der Waals surface area contributed by atoms with Gasteiger partial charge in [-0.25, -0.2) is 0 Å². The second-order valence-electron chi connectivity index (χ2n) is 4.46. The maximum atomic E-state index is 5.26. The van der Waals surface area contributed by atoms with Gasteiger partial charge in [-0.2, -0.15) is 4.98 Å². The lowest BCUT2D eigenvalue weighted by atomic mass is 10.0. The molecule has 0 atom stereocenters. The molecule has 100 valence electrons. The molecule has 2 aromatic carbocycles. The number of rotatable bonds is 5. The fourth-order valence-corrected chi connectivity index (χ4v) is 2.14. The fourth-order valence-electron chi connectivity index (χ4n) is 2.14. The molecule has 0 fully saturated rings. The largest absolute Gasteiger partial charge is 0.338 e. The van der Waals surface area contributed by atoms with Crippen LogP contribution in [-0.2, 0) is 6.54 Å². The number of hydrogen-bond acceptors (Lipinski definition) is 4. The van der Waals surface area contributed by atoms with E-state index in [1.54, 1.807) is 6.08 Å². The molecule has 1 heterocycles. The van der Waals surface area contributed by atoms with E-state index >= 15 is 0 Å². The molecule has 0 aliphatic carbocycles. The molecule has 0 bridgehead atoms. The van der Waals surface area contributed by atoms with Crippen molar-refractivity contribution in [3.05, 3.63) is 61.0 Å². The molecule has 0 saturated heterocycles. The summed E-state index contributed by atoms with van der Waals surface area (Å²) in [6.45, 7) is 4.91. The maximum absolute atomic E-state index is 5.26. The van der Waals surface area contributed by atoms with Gasteiger partial charge in [-0.3, -0.25) is 0 Å². The van der Waals surface area contributed by atoms with Crippen LogP contribution in [0.25, 0.3) is 22.2 Å². The van der Waals surface area contributed by atoms with Crippen molar-refractivity contribution in [3.63, 3.8) is 0 Å². The molecule has 4 heteroatoms. The summed E-state index contributed by atoms with van der Waals surface area (Å²) in [7, 11) is 0. The summed E-state index contributed by atoms with van der Waals surface area (Å²) in [4.78, 5) is 4.43. The third kappa shape index (κ3) is 2.46. The maximum Gasteiger partial charge on any atom is 0.240 e. The van der Waals surface area contributed by atoms with E-state index in [9.17, 15) is 0 Å². The second-order valence-corrected chi connectivity index (χ2v) is 4.46. The Hall–Kier alpha value is -2.46. The summed E-state index contributed by atoms with van der Waals surface area (Å²) in [5.74, 6) is 1.20. The zero-order chi connectivity index (χ0) is 13.8. The van der Waals surface area contributed by atoms with Crippen LogP contribution in [0.2, 0.25) is 0 Å². The number of fused-ring (bicyclic) bond motifs is 1. The molecule has 0 amide bonds. The van der Waals surface area contributed by atoms with Crippen LogP contribution in [0.3, 0.4) is 0 Å². The molecule has 0 saturated carbocycles. The third-order valence-corrected chi connectivity index (χ3v) is 3.06. The molecule has 0 spiro atoms. The number of nitrogens with zero attached hydrogens (tertiary/aromatic N) is 2. The van der Waals surface area contributed by atoms with Crippen molar-refractivity contribution in [2.45, 2.75) is 6.54 Å². The lowest BCUT2D eigenvalue weighted by Crippen LogP contribution is -2.12. The number of benzene rings is 2. The van der Waals surface area contributed by atoms with E-state index in [0.29, 0.717) is 24.8 Å². The molecule has 20 heavy (non-hydrogen) atoms. The van der Waals surface area contributed by atoms with Crippen molar-refractivity contribution in [3.8, 4) is 11.4 Å². The highest BCUT2D eigenvalue weighted by Crippen LogP contribution is 2.26. The van der Waals surface area contributed by atoms with Gasteiger partial charge < -0.3 is 9.84 Å². The molecule has 0 aliphatic heterocycles. The van der Waals surface area contributed by atoms with Gasteiger partial charge in [0.25, 0.3) is 0 Å². The van der Waals surface area contributed by atoms with Crippen molar-refractivity contribution >= 4 is 10.8 Å². The van der Waals surface area contributed by atoms with Gasteiger partial charge in [-0.05, 0) is 10.8 Å². The Balaban J connectivity index is 1.93. The summed E-state index contributed by atoms with van der Waals surface area (Å²) < 4.78 is 5.26. The molecule has 1 N–H and O–H groups in total. The van der Waals surface area contributed by atoms with Crippen LogP contribution in [0.1, 0.15) is 5.89 Å². The van der Waals surface area contributed by atoms with Crippen molar-refractivity contribution < 1.29 is 4.52 Å². The molecule has 0 radical (unpaired) electrons. The summed E-state index contributed by atoms with van der Waals surface area (Å²) in [5, 5.41) is 9.50. The highest BCUT2D eigenvalue weighted by molar-refractivity contribution is 5.94. The average molecular weight is 265 g/mol. The molecule has 4 nitrogen and oxygen atoms in total. The van der Waals surface area contributed by atoms with Gasteiger partial charge in [-0.1, -0.05) is 53.7 Å². The van der Waals surface area contributed by atoms with Crippen LogP contribution in [-0.4, -0.2) is 16.7 Å². The monoisotopic (exact) mass is 265 g/mol. The molecule has 1 aromatic heterocycles. The fraction of sp³-hybridized carbons (Fsp3) is 0.125. The first-order valence-electron chi connectivity index (χ1n) is 6.51. The van der Waals surface area contributed by atoms with E-state index in [1.807, 2.05) is 24.3 Å². The van der Waals surface area contributed by atoms with Crippen LogP contribution in [0.4, 0.5) is 0 Å². The van der Waals surface area contributed by atoms with Crippen molar-refractivity contribution in [1.29, 1.82) is 0 Å². The van der Waals surface area contributed by atoms with Crippen LogP contribution < -0.4 is 5.32 Å². The smallest absolute Gasteiger partial charge is 0.240 e. The Labute approximate surface area is 117 Å². The van der Waals surface area contributed by atoms with Gasteiger partial charge in [0, 0.05) is 12.1 Å². The van der Waals surface area contributed by atoms with Crippen molar-refractivity contribution in [2.24, 2.45) is 0 Å². The zero-order valence-corrected chi connectivity index (χ0v) is 11.0. The van der Waals surface area contributed by atoms with Gasteiger partial charge in [0.05, 0.1) is 6.54 Å². The van der Waals surface area contributed by atoms with E-state index in [0.717, 1.165) is 10.9 Å². The van der Waals surface area contributed by atoms with E-state index in [2.05, 4.69) is 40.2 Å². The Morgan fingerprint density at radius 1 is 1.15 bits per heavy atom. The van der Waals surface area contributed by atoms with Gasteiger partial charge >= 0.3 is 0 Å². The Morgan fingerprint density at radius 2 is 2.00 bits per heavy atom. The molecule has 3 aromatic rings. The molecule has 0 unspecified atom stereocenters. The average Bonchev–Trinajstić information content (AvgIpc) is 2.96. The van der Waals surface area contributed by atoms with Crippen LogP contribution in [0.15, 0.2) is 59.6 Å². The highest BCUT2D eigenvalue weighted by atomic mass is 16.5. The third-order valence-electron chi connectivity index (χ3n) is 3.06. The highest BCUT2D eigenvalue weighted by Gasteiger charge is 2.10. The standard InChI is InChI=1S/C16H15N3O/c1-2-10-17-11-15-18-16(19-20-15)14-9-5-7-12-6-3-4-8-13(12)14/h2-9,17H,1,10-11H2. The topological polar surface area (TPSA) is 51.0 Å². The van der Waals surface area contributed by atoms with Crippen molar-refractivity contribution in [1.82, 2.24) is 15.5 Å². The van der Waals surface area contributed by atoms with Crippen LogP contribution in [0.5, 0.6) is 0 Å². The van der Waals surface area contributed by atoms with E-state index in [1.165, 1.54) is 5.39 Å². The molecule has 3 rings (SSSR count). The summed E-state index contributed by atoms with van der Waals surface area (Å²) in [6, 6.07) is 14.3. The lowest BCUT2D eigenvalue weighted by Gasteiger charge is -2.01. The van der Waals surface area contributed by atoms with Crippen LogP contribution in [0, 0.1) is 0 Å². The van der Waals surface area contributed by atoms with Gasteiger partial charge in [0.2, 0.25) is 11.7 Å². The zero-order valence-electron chi connectivity index (χ0n) is 11.0. The molecular weight excluding hydrogens is 250 g/mol. The number of nitrogens with one attached hydrogen (secondary N) is 1. The number of hydrogen-bond donors (Lipinski definition) is 1. The molecular formula is C16H15N3O. The minimum Gasteiger partial charge on any atom is -0.338 e. The number of aromatic nitrogens is 2. The van der Waals surface area contributed by atoms with Crippen molar-refractivity contribution in [2.75, 3.05) is 6.54 Å². The summed E-state index contributed by atoms with van der Waals surface area (Å²) >= 11 is 0. The van der Waals surface area contributed by atoms with E-state index < -0.39 is 0 Å². The lowest BCUT2D eigenvalue weighted by molar-refractivity contribution is 0.370. The Morgan fingerprint density at radius 3 is 2.90 bits per heavy atom. The van der Waals surface area contributed by atoms with Crippen LogP contribution >= 0.6 is 0 Å². The van der Waals surface area contributed by atoms with E-state index in [-0.39, 0.29) is 0 Å². The Kier molecular flexibility index (Phi) is 3.56. The predicted octanol–water partition coefficient (Wildman–Crippen LogP) is 3.17. The second kappa shape index (κ2) is 5.67. The van der Waals surface area contributed by atoms with Gasteiger partial charge in [-0.15, -0.1) is 6.58 Å². The minimum atomic E-state index is 0.545. The minimum absolute atomic E-state index is 0.545. The normalized spacial score (nSPS) is 10.8. The summed E-state index contributed by atoms with van der Waals surface area (Å²) in [6.07, 6.45) is 1.79. The van der Waals surface area contributed by atoms with E-state index in [4.69, 9.17) is 4.52 Å². The Bertz CT molecular complexity index is 728. The first-order valence-corrected chi connectivity index (χ1v) is 6.51. The molecule has 0 aliphatic rings.